The fraction of sp³-hybridized carbons (Fsp3) is 0.429. The SMILES string of the molecule is CCC(=N)N1CC(C)C(c2ccccc2OC)=N1.I. The van der Waals surface area contributed by atoms with Crippen LogP contribution < -0.4 is 4.74 Å². The summed E-state index contributed by atoms with van der Waals surface area (Å²) in [4.78, 5) is 0. The fourth-order valence-electron chi connectivity index (χ4n) is 2.14. The van der Waals surface area contributed by atoms with Crippen molar-refractivity contribution in [1.82, 2.24) is 5.01 Å². The Balaban J connectivity index is 0.00000180. The van der Waals surface area contributed by atoms with Gasteiger partial charge in [0.15, 0.2) is 0 Å². The zero-order chi connectivity index (χ0) is 13.1. The van der Waals surface area contributed by atoms with Crippen molar-refractivity contribution in [3.63, 3.8) is 0 Å². The Labute approximate surface area is 131 Å². The zero-order valence-electron chi connectivity index (χ0n) is 11.5. The smallest absolute Gasteiger partial charge is 0.127 e. The molecule has 2 rings (SSSR count). The van der Waals surface area contributed by atoms with Crippen LogP contribution in [0.25, 0.3) is 0 Å². The van der Waals surface area contributed by atoms with E-state index in [9.17, 15) is 0 Å². The molecule has 1 aromatic carbocycles. The maximum Gasteiger partial charge on any atom is 0.127 e. The molecule has 4 nitrogen and oxygen atoms in total. The van der Waals surface area contributed by atoms with Crippen molar-refractivity contribution in [3.8, 4) is 5.75 Å². The van der Waals surface area contributed by atoms with Crippen molar-refractivity contribution < 1.29 is 4.74 Å². The first-order valence-corrected chi connectivity index (χ1v) is 6.24. The molecular formula is C14H20IN3O. The molecule has 1 aromatic rings. The van der Waals surface area contributed by atoms with Gasteiger partial charge in [0.2, 0.25) is 0 Å². The zero-order valence-corrected chi connectivity index (χ0v) is 13.8. The predicted molar refractivity (Wildman–Crippen MR) is 88.8 cm³/mol. The molecule has 0 saturated carbocycles. The lowest BCUT2D eigenvalue weighted by atomic mass is 9.98. The van der Waals surface area contributed by atoms with Crippen LogP contribution in [0.4, 0.5) is 0 Å². The lowest BCUT2D eigenvalue weighted by Gasteiger charge is -2.13. The number of halogens is 1. The van der Waals surface area contributed by atoms with Gasteiger partial charge in [-0.15, -0.1) is 24.0 Å². The Morgan fingerprint density at radius 1 is 1.47 bits per heavy atom. The van der Waals surface area contributed by atoms with Crippen LogP contribution in [0.2, 0.25) is 0 Å². The van der Waals surface area contributed by atoms with Gasteiger partial charge in [-0.2, -0.15) is 5.10 Å². The molecular weight excluding hydrogens is 353 g/mol. The van der Waals surface area contributed by atoms with Crippen LogP contribution in [-0.2, 0) is 0 Å². The third-order valence-corrected chi connectivity index (χ3v) is 3.17. The van der Waals surface area contributed by atoms with E-state index in [4.69, 9.17) is 10.1 Å². The number of para-hydroxylation sites is 1. The average molecular weight is 373 g/mol. The summed E-state index contributed by atoms with van der Waals surface area (Å²) in [6.07, 6.45) is 0.704. The summed E-state index contributed by atoms with van der Waals surface area (Å²) < 4.78 is 5.38. The third kappa shape index (κ3) is 3.26. The van der Waals surface area contributed by atoms with E-state index in [-0.39, 0.29) is 24.0 Å². The van der Waals surface area contributed by atoms with Crippen LogP contribution in [0.3, 0.4) is 0 Å². The van der Waals surface area contributed by atoms with E-state index in [0.717, 1.165) is 23.6 Å². The molecule has 19 heavy (non-hydrogen) atoms. The van der Waals surface area contributed by atoms with Crippen molar-refractivity contribution in [1.29, 1.82) is 5.41 Å². The van der Waals surface area contributed by atoms with E-state index in [1.165, 1.54) is 0 Å². The number of ether oxygens (including phenoxy) is 1. The average Bonchev–Trinajstić information content (AvgIpc) is 2.79. The highest BCUT2D eigenvalue weighted by Crippen LogP contribution is 2.26. The van der Waals surface area contributed by atoms with Gasteiger partial charge in [-0.05, 0) is 12.1 Å². The highest BCUT2D eigenvalue weighted by atomic mass is 127. The number of amidine groups is 1. The van der Waals surface area contributed by atoms with Crippen LogP contribution >= 0.6 is 24.0 Å². The van der Waals surface area contributed by atoms with Gasteiger partial charge >= 0.3 is 0 Å². The van der Waals surface area contributed by atoms with Crippen LogP contribution in [0, 0.1) is 11.3 Å². The summed E-state index contributed by atoms with van der Waals surface area (Å²) in [6.45, 7) is 4.89. The lowest BCUT2D eigenvalue weighted by molar-refractivity contribution is 0.413. The molecule has 1 N–H and O–H groups in total. The Bertz CT molecular complexity index is 487. The summed E-state index contributed by atoms with van der Waals surface area (Å²) in [7, 11) is 1.67. The van der Waals surface area contributed by atoms with Gasteiger partial charge in [-0.3, -0.25) is 10.4 Å². The highest BCUT2D eigenvalue weighted by molar-refractivity contribution is 14.0. The summed E-state index contributed by atoms with van der Waals surface area (Å²) >= 11 is 0. The molecule has 1 unspecified atom stereocenters. The van der Waals surface area contributed by atoms with Crippen molar-refractivity contribution in [2.45, 2.75) is 20.3 Å². The molecule has 0 aromatic heterocycles. The number of nitrogens with one attached hydrogen (secondary N) is 1. The van der Waals surface area contributed by atoms with Crippen LogP contribution in [-0.4, -0.2) is 30.2 Å². The second-order valence-electron chi connectivity index (χ2n) is 4.47. The third-order valence-electron chi connectivity index (χ3n) is 3.17. The first-order chi connectivity index (χ1) is 8.67. The Hall–Kier alpha value is -1.11. The maximum absolute atomic E-state index is 7.86. The summed E-state index contributed by atoms with van der Waals surface area (Å²) in [5, 5.41) is 14.2. The molecule has 0 amide bonds. The molecule has 104 valence electrons. The minimum atomic E-state index is 0. The van der Waals surface area contributed by atoms with E-state index in [1.54, 1.807) is 12.1 Å². The molecule has 1 aliphatic heterocycles. The minimum Gasteiger partial charge on any atom is -0.496 e. The van der Waals surface area contributed by atoms with Gasteiger partial charge in [0.1, 0.15) is 11.6 Å². The van der Waals surface area contributed by atoms with E-state index < -0.39 is 0 Å². The fourth-order valence-corrected chi connectivity index (χ4v) is 2.14. The molecule has 0 spiro atoms. The van der Waals surface area contributed by atoms with Gasteiger partial charge in [-0.1, -0.05) is 26.0 Å². The molecule has 1 heterocycles. The molecule has 0 radical (unpaired) electrons. The Morgan fingerprint density at radius 3 is 2.79 bits per heavy atom. The Morgan fingerprint density at radius 2 is 2.16 bits per heavy atom. The summed E-state index contributed by atoms with van der Waals surface area (Å²) in [6, 6.07) is 7.90. The van der Waals surface area contributed by atoms with Gasteiger partial charge in [0.25, 0.3) is 0 Å². The molecule has 0 aliphatic carbocycles. The van der Waals surface area contributed by atoms with Gasteiger partial charge < -0.3 is 4.74 Å². The molecule has 0 saturated heterocycles. The van der Waals surface area contributed by atoms with Gasteiger partial charge in [0.05, 0.1) is 19.4 Å². The van der Waals surface area contributed by atoms with E-state index in [1.807, 2.05) is 31.2 Å². The van der Waals surface area contributed by atoms with Crippen molar-refractivity contribution >= 4 is 35.5 Å². The topological polar surface area (TPSA) is 48.7 Å². The van der Waals surface area contributed by atoms with E-state index in [0.29, 0.717) is 18.2 Å². The molecule has 1 atom stereocenters. The molecule has 0 fully saturated rings. The van der Waals surface area contributed by atoms with E-state index in [2.05, 4.69) is 12.0 Å². The predicted octanol–water partition coefficient (Wildman–Crippen LogP) is 3.36. The van der Waals surface area contributed by atoms with Gasteiger partial charge in [-0.25, -0.2) is 0 Å². The quantitative estimate of drug-likeness (QED) is 0.502. The van der Waals surface area contributed by atoms with E-state index >= 15 is 0 Å². The number of rotatable bonds is 3. The van der Waals surface area contributed by atoms with Crippen LogP contribution in [0.5, 0.6) is 5.75 Å². The molecule has 1 aliphatic rings. The van der Waals surface area contributed by atoms with Crippen LogP contribution in [0.15, 0.2) is 29.4 Å². The van der Waals surface area contributed by atoms with Crippen molar-refractivity contribution in [2.75, 3.05) is 13.7 Å². The lowest BCUT2D eigenvalue weighted by Crippen LogP contribution is -2.23. The van der Waals surface area contributed by atoms with Crippen molar-refractivity contribution in [3.05, 3.63) is 29.8 Å². The number of benzene rings is 1. The number of nitrogens with zero attached hydrogens (tertiary/aromatic N) is 2. The van der Waals surface area contributed by atoms with Crippen LogP contribution in [0.1, 0.15) is 25.8 Å². The second-order valence-corrected chi connectivity index (χ2v) is 4.47. The second kappa shape index (κ2) is 6.88. The Kier molecular flexibility index (Phi) is 5.78. The number of hydrogen-bond acceptors (Lipinski definition) is 3. The number of methoxy groups -OCH3 is 1. The highest BCUT2D eigenvalue weighted by Gasteiger charge is 2.27. The number of hydrogen-bond donors (Lipinski definition) is 1. The minimum absolute atomic E-state index is 0. The monoisotopic (exact) mass is 373 g/mol. The van der Waals surface area contributed by atoms with Crippen molar-refractivity contribution in [2.24, 2.45) is 11.0 Å². The normalized spacial score (nSPS) is 17.7. The molecule has 0 bridgehead atoms. The summed E-state index contributed by atoms with van der Waals surface area (Å²) in [5.74, 6) is 1.72. The first-order valence-electron chi connectivity index (χ1n) is 6.24. The standard InChI is InChI=1S/C14H19N3O.HI/c1-4-13(15)17-9-10(2)14(16-17)11-7-5-6-8-12(11)18-3;/h5-8,10,15H,4,9H2,1-3H3;1H. The number of hydrazone groups is 1. The summed E-state index contributed by atoms with van der Waals surface area (Å²) in [5.41, 5.74) is 2.03. The largest absolute Gasteiger partial charge is 0.496 e. The molecule has 5 heteroatoms. The maximum atomic E-state index is 7.86. The van der Waals surface area contributed by atoms with Gasteiger partial charge in [0, 0.05) is 17.9 Å². The first kappa shape index (κ1) is 15.9.